The maximum absolute atomic E-state index is 13.3. The average Bonchev–Trinajstić information content (AvgIpc) is 2.78. The number of hydrogen-bond donors (Lipinski definition) is 1. The van der Waals surface area contributed by atoms with Crippen LogP contribution in [0.15, 0.2) is 53.3 Å². The van der Waals surface area contributed by atoms with Gasteiger partial charge in [0, 0.05) is 30.2 Å². The highest BCUT2D eigenvalue weighted by Gasteiger charge is 2.24. The minimum Gasteiger partial charge on any atom is -0.339 e. The summed E-state index contributed by atoms with van der Waals surface area (Å²) in [4.78, 5) is 40.5. The van der Waals surface area contributed by atoms with Crippen molar-refractivity contribution in [1.82, 2.24) is 9.47 Å². The van der Waals surface area contributed by atoms with Crippen LogP contribution in [0.5, 0.6) is 0 Å². The van der Waals surface area contributed by atoms with E-state index in [9.17, 15) is 18.8 Å². The third-order valence-corrected chi connectivity index (χ3v) is 6.11. The van der Waals surface area contributed by atoms with E-state index in [0.29, 0.717) is 41.2 Å². The monoisotopic (exact) mass is 455 g/mol. The molecule has 0 spiro atoms. The molecule has 0 bridgehead atoms. The van der Waals surface area contributed by atoms with Gasteiger partial charge in [0.25, 0.3) is 11.5 Å². The number of carbonyl (C=O) groups excluding carboxylic acids is 2. The van der Waals surface area contributed by atoms with Gasteiger partial charge in [-0.25, -0.2) is 4.39 Å². The van der Waals surface area contributed by atoms with Crippen LogP contribution in [0.4, 0.5) is 10.1 Å². The maximum atomic E-state index is 13.3. The van der Waals surface area contributed by atoms with Crippen LogP contribution < -0.4 is 10.9 Å². The number of hydrogen-bond acceptors (Lipinski definition) is 3. The van der Waals surface area contributed by atoms with Crippen LogP contribution >= 0.6 is 11.6 Å². The number of rotatable bonds is 4. The summed E-state index contributed by atoms with van der Waals surface area (Å²) in [5, 5.41) is 3.13. The zero-order valence-corrected chi connectivity index (χ0v) is 18.4. The molecular weight excluding hydrogens is 433 g/mol. The summed E-state index contributed by atoms with van der Waals surface area (Å²) in [5.41, 5.74) is 0.734. The van der Waals surface area contributed by atoms with E-state index in [-0.39, 0.29) is 17.5 Å². The second kappa shape index (κ2) is 9.12. The Kier molecular flexibility index (Phi) is 6.28. The summed E-state index contributed by atoms with van der Waals surface area (Å²) in [6.45, 7) is 3.24. The third-order valence-electron chi connectivity index (χ3n) is 5.83. The highest BCUT2D eigenvalue weighted by atomic mass is 35.5. The Bertz CT molecular complexity index is 1250. The number of halogens is 2. The average molecular weight is 456 g/mol. The number of benzene rings is 2. The molecule has 1 N–H and O–H groups in total. The lowest BCUT2D eigenvalue weighted by molar-refractivity contribution is -0.116. The van der Waals surface area contributed by atoms with E-state index in [4.69, 9.17) is 11.6 Å². The smallest absolute Gasteiger partial charge is 0.254 e. The number of para-hydroxylation sites is 1. The van der Waals surface area contributed by atoms with E-state index in [1.54, 1.807) is 29.2 Å². The first-order valence-corrected chi connectivity index (χ1v) is 10.9. The third kappa shape index (κ3) is 4.53. The quantitative estimate of drug-likeness (QED) is 0.637. The Morgan fingerprint density at radius 3 is 2.56 bits per heavy atom. The number of nitrogens with zero attached hydrogens (tertiary/aromatic N) is 2. The fraction of sp³-hybridized carbons (Fsp3) is 0.292. The fourth-order valence-corrected chi connectivity index (χ4v) is 4.16. The molecule has 0 aliphatic carbocycles. The first-order valence-electron chi connectivity index (χ1n) is 10.5. The molecule has 0 atom stereocenters. The number of carbonyl (C=O) groups is 2. The van der Waals surface area contributed by atoms with Crippen LogP contribution in [0.25, 0.3) is 10.9 Å². The van der Waals surface area contributed by atoms with Crippen molar-refractivity contribution in [3.05, 3.63) is 75.3 Å². The molecule has 0 saturated carbocycles. The number of piperidine rings is 1. The molecular formula is C24H23ClFN3O3. The summed E-state index contributed by atoms with van der Waals surface area (Å²) in [6, 6.07) is 12.2. The van der Waals surface area contributed by atoms with E-state index in [1.165, 1.54) is 22.8 Å². The van der Waals surface area contributed by atoms with Crippen molar-refractivity contribution in [3.63, 3.8) is 0 Å². The number of likely N-dealkylation sites (tertiary alicyclic amines) is 1. The summed E-state index contributed by atoms with van der Waals surface area (Å²) in [6.07, 6.45) is 1.88. The van der Waals surface area contributed by atoms with Gasteiger partial charge >= 0.3 is 0 Å². The van der Waals surface area contributed by atoms with Crippen molar-refractivity contribution < 1.29 is 14.0 Å². The second-order valence-electron chi connectivity index (χ2n) is 8.15. The highest BCUT2D eigenvalue weighted by molar-refractivity contribution is 6.31. The molecule has 4 rings (SSSR count). The van der Waals surface area contributed by atoms with E-state index < -0.39 is 17.3 Å². The molecule has 1 aliphatic rings. The topological polar surface area (TPSA) is 71.4 Å². The molecule has 6 nitrogen and oxygen atoms in total. The molecule has 2 aromatic carbocycles. The number of amides is 2. The van der Waals surface area contributed by atoms with Crippen molar-refractivity contribution in [2.24, 2.45) is 5.92 Å². The summed E-state index contributed by atoms with van der Waals surface area (Å²) < 4.78 is 14.7. The Morgan fingerprint density at radius 1 is 1.12 bits per heavy atom. The Morgan fingerprint density at radius 2 is 1.84 bits per heavy atom. The van der Waals surface area contributed by atoms with Gasteiger partial charge in [-0.3, -0.25) is 19.0 Å². The van der Waals surface area contributed by atoms with Crippen molar-refractivity contribution in [2.45, 2.75) is 26.3 Å². The second-order valence-corrected chi connectivity index (χ2v) is 8.56. The first-order chi connectivity index (χ1) is 15.3. The minimum atomic E-state index is -0.588. The van der Waals surface area contributed by atoms with Crippen molar-refractivity contribution in [1.29, 1.82) is 0 Å². The molecule has 166 valence electrons. The van der Waals surface area contributed by atoms with Crippen molar-refractivity contribution in [2.75, 3.05) is 18.4 Å². The molecule has 0 radical (unpaired) electrons. The molecule has 2 amide bonds. The largest absolute Gasteiger partial charge is 0.339 e. The SMILES string of the molecule is CC1CCN(C(=O)c2cc(=O)n(CC(=O)Nc3ccc(F)c(Cl)c3)c3ccccc23)CC1. The Balaban J connectivity index is 1.63. The number of pyridine rings is 1. The molecule has 8 heteroatoms. The van der Waals surface area contributed by atoms with Crippen LogP contribution in [0.1, 0.15) is 30.1 Å². The van der Waals surface area contributed by atoms with Gasteiger partial charge in [0.2, 0.25) is 5.91 Å². The molecule has 3 aromatic rings. The van der Waals surface area contributed by atoms with Gasteiger partial charge in [0.15, 0.2) is 0 Å². The van der Waals surface area contributed by atoms with E-state index >= 15 is 0 Å². The van der Waals surface area contributed by atoms with Gasteiger partial charge in [0.1, 0.15) is 12.4 Å². The van der Waals surface area contributed by atoms with Crippen LogP contribution in [-0.2, 0) is 11.3 Å². The Hall–Kier alpha value is -3.19. The normalized spacial score (nSPS) is 14.5. The molecule has 1 aliphatic heterocycles. The standard InChI is InChI=1S/C24H23ClFN3O3/c1-15-8-10-28(11-9-15)24(32)18-13-23(31)29(21-5-3-2-4-17(18)21)14-22(30)27-16-6-7-20(26)19(25)12-16/h2-7,12-13,15H,8-11,14H2,1H3,(H,27,30). The zero-order valence-electron chi connectivity index (χ0n) is 17.6. The number of nitrogens with one attached hydrogen (secondary N) is 1. The van der Waals surface area contributed by atoms with Crippen LogP contribution in [-0.4, -0.2) is 34.4 Å². The molecule has 2 heterocycles. The molecule has 1 saturated heterocycles. The summed E-state index contributed by atoms with van der Waals surface area (Å²) >= 11 is 5.76. The predicted octanol–water partition coefficient (Wildman–Crippen LogP) is 4.30. The maximum Gasteiger partial charge on any atom is 0.254 e. The van der Waals surface area contributed by atoms with Crippen LogP contribution in [0.2, 0.25) is 5.02 Å². The summed E-state index contributed by atoms with van der Waals surface area (Å²) in [5.74, 6) is -0.639. The fourth-order valence-electron chi connectivity index (χ4n) is 3.97. The first kappa shape index (κ1) is 22.0. The molecule has 32 heavy (non-hydrogen) atoms. The van der Waals surface area contributed by atoms with Gasteiger partial charge in [-0.2, -0.15) is 0 Å². The zero-order chi connectivity index (χ0) is 22.8. The lowest BCUT2D eigenvalue weighted by Gasteiger charge is -2.30. The van der Waals surface area contributed by atoms with Crippen molar-refractivity contribution >= 4 is 40.0 Å². The van der Waals surface area contributed by atoms with E-state index in [1.807, 2.05) is 0 Å². The van der Waals surface area contributed by atoms with Crippen LogP contribution in [0, 0.1) is 11.7 Å². The van der Waals surface area contributed by atoms with Gasteiger partial charge in [-0.05, 0) is 43.0 Å². The number of aromatic nitrogens is 1. The lowest BCUT2D eigenvalue weighted by Crippen LogP contribution is -2.39. The van der Waals surface area contributed by atoms with Gasteiger partial charge in [-0.15, -0.1) is 0 Å². The minimum absolute atomic E-state index is 0.111. The lowest BCUT2D eigenvalue weighted by atomic mass is 9.98. The summed E-state index contributed by atoms with van der Waals surface area (Å²) in [7, 11) is 0. The predicted molar refractivity (Wildman–Crippen MR) is 123 cm³/mol. The van der Waals surface area contributed by atoms with Crippen LogP contribution in [0.3, 0.4) is 0 Å². The molecule has 0 unspecified atom stereocenters. The highest BCUT2D eigenvalue weighted by Crippen LogP contribution is 2.23. The number of anilines is 1. The van der Waals surface area contributed by atoms with E-state index in [2.05, 4.69) is 12.2 Å². The molecule has 1 fully saturated rings. The molecule has 1 aromatic heterocycles. The van der Waals surface area contributed by atoms with Gasteiger partial charge < -0.3 is 10.2 Å². The van der Waals surface area contributed by atoms with Crippen molar-refractivity contribution in [3.8, 4) is 0 Å². The number of fused-ring (bicyclic) bond motifs is 1. The van der Waals surface area contributed by atoms with Gasteiger partial charge in [0.05, 0.1) is 16.1 Å². The Labute approximate surface area is 189 Å². The van der Waals surface area contributed by atoms with E-state index in [0.717, 1.165) is 18.9 Å². The van der Waals surface area contributed by atoms with Gasteiger partial charge in [-0.1, -0.05) is 36.7 Å².